The summed E-state index contributed by atoms with van der Waals surface area (Å²) >= 11 is 25.3. The quantitative estimate of drug-likeness (QED) is 0.373. The van der Waals surface area contributed by atoms with E-state index in [1.807, 2.05) is 13.8 Å². The topological polar surface area (TPSA) is 49.4 Å². The Morgan fingerprint density at radius 2 is 1.42 bits per heavy atom. The van der Waals surface area contributed by atoms with E-state index in [1.54, 1.807) is 36.4 Å². The van der Waals surface area contributed by atoms with Gasteiger partial charge >= 0.3 is 0 Å². The number of unbranched alkanes of at least 4 members (excludes halogenated alkanes) is 1. The Bertz CT molecular complexity index is 880. The summed E-state index contributed by atoms with van der Waals surface area (Å²) in [5, 5.41) is 4.59. The van der Waals surface area contributed by atoms with Gasteiger partial charge in [-0.2, -0.15) is 0 Å². The van der Waals surface area contributed by atoms with E-state index < -0.39 is 6.04 Å². The van der Waals surface area contributed by atoms with Crippen LogP contribution < -0.4 is 5.32 Å². The molecule has 8 heteroatoms. The predicted molar refractivity (Wildman–Crippen MR) is 129 cm³/mol. The van der Waals surface area contributed by atoms with Crippen LogP contribution in [-0.2, 0) is 22.6 Å². The van der Waals surface area contributed by atoms with Crippen LogP contribution in [0.3, 0.4) is 0 Å². The molecular formula is C23H26Cl4N2O2. The van der Waals surface area contributed by atoms with E-state index in [-0.39, 0.29) is 24.8 Å². The summed E-state index contributed by atoms with van der Waals surface area (Å²) in [6, 6.07) is 9.55. The number of hydrogen-bond acceptors (Lipinski definition) is 2. The van der Waals surface area contributed by atoms with E-state index in [4.69, 9.17) is 46.4 Å². The normalized spacial score (nSPS) is 11.8. The van der Waals surface area contributed by atoms with E-state index in [0.29, 0.717) is 44.2 Å². The van der Waals surface area contributed by atoms with Crippen LogP contribution in [0.2, 0.25) is 20.1 Å². The first-order chi connectivity index (χ1) is 14.8. The van der Waals surface area contributed by atoms with Crippen molar-refractivity contribution in [3.8, 4) is 0 Å². The van der Waals surface area contributed by atoms with Gasteiger partial charge in [0.05, 0.1) is 6.42 Å². The van der Waals surface area contributed by atoms with Crippen LogP contribution in [0.1, 0.15) is 44.2 Å². The molecule has 1 atom stereocenters. The lowest BCUT2D eigenvalue weighted by molar-refractivity contribution is -0.140. The van der Waals surface area contributed by atoms with Crippen LogP contribution in [0.25, 0.3) is 0 Å². The highest BCUT2D eigenvalue weighted by Gasteiger charge is 2.30. The van der Waals surface area contributed by atoms with Crippen molar-refractivity contribution >= 4 is 58.2 Å². The largest absolute Gasteiger partial charge is 0.354 e. The number of carbonyl (C=O) groups is 2. The molecule has 0 heterocycles. The fourth-order valence-electron chi connectivity index (χ4n) is 3.23. The van der Waals surface area contributed by atoms with Gasteiger partial charge in [0.1, 0.15) is 6.04 Å². The maximum atomic E-state index is 13.4. The summed E-state index contributed by atoms with van der Waals surface area (Å²) in [4.78, 5) is 27.8. The molecule has 0 saturated carbocycles. The second-order valence-corrected chi connectivity index (χ2v) is 8.80. The van der Waals surface area contributed by atoms with Gasteiger partial charge in [-0.1, -0.05) is 78.8 Å². The third-order valence-corrected chi connectivity index (χ3v) is 6.41. The Labute approximate surface area is 203 Å². The lowest BCUT2D eigenvalue weighted by Gasteiger charge is -2.31. The number of rotatable bonds is 10. The molecule has 0 spiro atoms. The zero-order chi connectivity index (χ0) is 23.0. The van der Waals surface area contributed by atoms with Gasteiger partial charge in [0.25, 0.3) is 0 Å². The second-order valence-electron chi connectivity index (χ2n) is 7.17. The van der Waals surface area contributed by atoms with E-state index in [9.17, 15) is 9.59 Å². The Kier molecular flexibility index (Phi) is 10.4. The molecule has 2 amide bonds. The number of carbonyl (C=O) groups excluding carboxylic acids is 2. The Morgan fingerprint density at radius 1 is 0.903 bits per heavy atom. The van der Waals surface area contributed by atoms with Crippen LogP contribution in [0.5, 0.6) is 0 Å². The van der Waals surface area contributed by atoms with Gasteiger partial charge in [0.15, 0.2) is 0 Å². The molecule has 0 radical (unpaired) electrons. The minimum absolute atomic E-state index is 0.0423. The first-order valence-corrected chi connectivity index (χ1v) is 11.7. The Hall–Kier alpha value is -1.46. The molecule has 0 aromatic heterocycles. The SMILES string of the molecule is CCCCNC(=O)C(CC)N(Cc1c(Cl)cccc1Cl)C(=O)Cc1c(Cl)cccc1Cl. The van der Waals surface area contributed by atoms with Crippen LogP contribution >= 0.6 is 46.4 Å². The molecule has 0 aliphatic rings. The zero-order valence-electron chi connectivity index (χ0n) is 17.6. The average molecular weight is 504 g/mol. The van der Waals surface area contributed by atoms with Crippen molar-refractivity contribution in [2.24, 2.45) is 0 Å². The van der Waals surface area contributed by atoms with Crippen LogP contribution in [0.15, 0.2) is 36.4 Å². The monoisotopic (exact) mass is 502 g/mol. The minimum atomic E-state index is -0.682. The molecule has 0 bridgehead atoms. The Morgan fingerprint density at radius 3 is 1.90 bits per heavy atom. The minimum Gasteiger partial charge on any atom is -0.354 e. The van der Waals surface area contributed by atoms with Gasteiger partial charge in [0, 0.05) is 38.7 Å². The lowest BCUT2D eigenvalue weighted by atomic mass is 10.1. The van der Waals surface area contributed by atoms with Crippen LogP contribution in [0, 0.1) is 0 Å². The Balaban J connectivity index is 2.38. The molecular weight excluding hydrogens is 478 g/mol. The fraction of sp³-hybridized carbons (Fsp3) is 0.391. The standard InChI is InChI=1S/C23H26Cl4N2O2/c1-3-5-12-28-23(31)21(4-2)29(14-16-19(26)10-7-11-20(16)27)22(30)13-15-17(24)8-6-9-18(15)25/h6-11,21H,3-5,12-14H2,1-2H3,(H,28,31). The summed E-state index contributed by atoms with van der Waals surface area (Å²) in [5.74, 6) is -0.499. The third kappa shape index (κ3) is 7.01. The van der Waals surface area contributed by atoms with Crippen molar-refractivity contribution in [1.29, 1.82) is 0 Å². The molecule has 168 valence electrons. The van der Waals surface area contributed by atoms with Crippen molar-refractivity contribution in [2.45, 2.75) is 52.1 Å². The highest BCUT2D eigenvalue weighted by Crippen LogP contribution is 2.29. The second kappa shape index (κ2) is 12.5. The number of halogens is 4. The van der Waals surface area contributed by atoms with Crippen molar-refractivity contribution < 1.29 is 9.59 Å². The van der Waals surface area contributed by atoms with Crippen LogP contribution in [0.4, 0.5) is 0 Å². The fourth-order valence-corrected chi connectivity index (χ4v) is 4.28. The maximum absolute atomic E-state index is 13.4. The van der Waals surface area contributed by atoms with Crippen molar-refractivity contribution in [3.63, 3.8) is 0 Å². The highest BCUT2D eigenvalue weighted by atomic mass is 35.5. The molecule has 0 fully saturated rings. The smallest absolute Gasteiger partial charge is 0.242 e. The van der Waals surface area contributed by atoms with E-state index in [1.165, 1.54) is 4.90 Å². The third-order valence-electron chi connectivity index (χ3n) is 5.00. The lowest BCUT2D eigenvalue weighted by Crippen LogP contribution is -2.49. The van der Waals surface area contributed by atoms with Crippen LogP contribution in [-0.4, -0.2) is 29.3 Å². The maximum Gasteiger partial charge on any atom is 0.242 e. The summed E-state index contributed by atoms with van der Waals surface area (Å²) in [7, 11) is 0. The number of amides is 2. The van der Waals surface area contributed by atoms with Crippen molar-refractivity contribution in [1.82, 2.24) is 10.2 Å². The predicted octanol–water partition coefficient (Wildman–Crippen LogP) is 6.57. The summed E-state index contributed by atoms with van der Waals surface area (Å²) in [5.41, 5.74) is 1.11. The van der Waals surface area contributed by atoms with E-state index in [0.717, 1.165) is 12.8 Å². The molecule has 2 aromatic carbocycles. The van der Waals surface area contributed by atoms with Gasteiger partial charge in [0.2, 0.25) is 11.8 Å². The highest BCUT2D eigenvalue weighted by molar-refractivity contribution is 6.36. The molecule has 4 nitrogen and oxygen atoms in total. The molecule has 0 saturated heterocycles. The molecule has 0 aliphatic carbocycles. The van der Waals surface area contributed by atoms with Gasteiger partial charge in [-0.3, -0.25) is 9.59 Å². The molecule has 1 unspecified atom stereocenters. The van der Waals surface area contributed by atoms with E-state index >= 15 is 0 Å². The molecule has 1 N–H and O–H groups in total. The molecule has 2 aromatic rings. The number of nitrogens with one attached hydrogen (secondary N) is 1. The first kappa shape index (κ1) is 25.8. The number of nitrogens with zero attached hydrogens (tertiary/aromatic N) is 1. The van der Waals surface area contributed by atoms with E-state index in [2.05, 4.69) is 5.32 Å². The molecule has 0 aliphatic heterocycles. The van der Waals surface area contributed by atoms with Crippen molar-refractivity contribution in [3.05, 3.63) is 67.6 Å². The van der Waals surface area contributed by atoms with Gasteiger partial charge < -0.3 is 10.2 Å². The average Bonchev–Trinajstić information content (AvgIpc) is 2.72. The van der Waals surface area contributed by atoms with Gasteiger partial charge in [-0.15, -0.1) is 0 Å². The summed E-state index contributed by atoms with van der Waals surface area (Å²) in [6.45, 7) is 4.56. The summed E-state index contributed by atoms with van der Waals surface area (Å²) < 4.78 is 0. The molecule has 31 heavy (non-hydrogen) atoms. The number of hydrogen-bond donors (Lipinski definition) is 1. The first-order valence-electron chi connectivity index (χ1n) is 10.2. The van der Waals surface area contributed by atoms with Gasteiger partial charge in [-0.05, 0) is 42.7 Å². The summed E-state index contributed by atoms with van der Waals surface area (Å²) in [6.07, 6.45) is 2.21. The molecule has 2 rings (SSSR count). The zero-order valence-corrected chi connectivity index (χ0v) is 20.6. The number of benzene rings is 2. The van der Waals surface area contributed by atoms with Gasteiger partial charge in [-0.25, -0.2) is 0 Å². The van der Waals surface area contributed by atoms with Crippen molar-refractivity contribution in [2.75, 3.05) is 6.54 Å².